The molecule has 0 spiro atoms. The Labute approximate surface area is 127 Å². The van der Waals surface area contributed by atoms with E-state index in [1.807, 2.05) is 13.8 Å². The van der Waals surface area contributed by atoms with Crippen molar-refractivity contribution in [3.05, 3.63) is 12.4 Å². The van der Waals surface area contributed by atoms with Gasteiger partial charge in [0.15, 0.2) is 0 Å². The first kappa shape index (κ1) is 16.5. The molecule has 2 atom stereocenters. The largest absolute Gasteiger partial charge is 0.299 e. The van der Waals surface area contributed by atoms with Gasteiger partial charge in [-0.25, -0.2) is 13.1 Å². The summed E-state index contributed by atoms with van der Waals surface area (Å²) in [4.78, 5) is 2.54. The van der Waals surface area contributed by atoms with Crippen LogP contribution in [0, 0.1) is 5.92 Å². The zero-order valence-electron chi connectivity index (χ0n) is 13.4. The molecule has 2 rings (SSSR count). The maximum absolute atomic E-state index is 12.5. The van der Waals surface area contributed by atoms with Crippen LogP contribution in [-0.4, -0.2) is 48.3 Å². The molecule has 120 valence electrons. The van der Waals surface area contributed by atoms with Gasteiger partial charge in [-0.1, -0.05) is 6.92 Å². The SMILES string of the molecule is CC1CN(C(C)C)CC1NS(=O)(=O)c1cnn(C(C)C)c1. The van der Waals surface area contributed by atoms with E-state index in [9.17, 15) is 8.42 Å². The summed E-state index contributed by atoms with van der Waals surface area (Å²) in [5.74, 6) is 0.308. The number of aromatic nitrogens is 2. The summed E-state index contributed by atoms with van der Waals surface area (Å²) in [5, 5.41) is 4.11. The number of hydrogen-bond donors (Lipinski definition) is 1. The number of sulfonamides is 1. The topological polar surface area (TPSA) is 67.2 Å². The van der Waals surface area contributed by atoms with Gasteiger partial charge >= 0.3 is 0 Å². The average Bonchev–Trinajstić information content (AvgIpc) is 2.97. The molecule has 1 saturated heterocycles. The number of nitrogens with one attached hydrogen (secondary N) is 1. The van der Waals surface area contributed by atoms with E-state index in [1.54, 1.807) is 10.9 Å². The monoisotopic (exact) mass is 314 g/mol. The molecule has 0 saturated carbocycles. The Balaban J connectivity index is 2.10. The highest BCUT2D eigenvalue weighted by molar-refractivity contribution is 7.89. The zero-order valence-corrected chi connectivity index (χ0v) is 14.3. The van der Waals surface area contributed by atoms with Crippen molar-refractivity contribution in [2.24, 2.45) is 5.92 Å². The van der Waals surface area contributed by atoms with Gasteiger partial charge in [0.2, 0.25) is 10.0 Å². The lowest BCUT2D eigenvalue weighted by Crippen LogP contribution is -2.40. The van der Waals surface area contributed by atoms with Crippen LogP contribution in [0.3, 0.4) is 0 Å². The second-order valence-electron chi connectivity index (χ2n) is 6.50. The van der Waals surface area contributed by atoms with Crippen LogP contribution in [0.1, 0.15) is 40.7 Å². The second kappa shape index (κ2) is 6.06. The number of hydrogen-bond acceptors (Lipinski definition) is 4. The fourth-order valence-electron chi connectivity index (χ4n) is 2.59. The first-order valence-electron chi connectivity index (χ1n) is 7.51. The highest BCUT2D eigenvalue weighted by atomic mass is 32.2. The van der Waals surface area contributed by atoms with Crippen LogP contribution in [0.5, 0.6) is 0 Å². The van der Waals surface area contributed by atoms with E-state index in [4.69, 9.17) is 0 Å². The van der Waals surface area contributed by atoms with Crippen molar-refractivity contribution in [2.75, 3.05) is 13.1 Å². The molecule has 0 aliphatic carbocycles. The predicted octanol–water partition coefficient (Wildman–Crippen LogP) is 1.47. The maximum Gasteiger partial charge on any atom is 0.243 e. The van der Waals surface area contributed by atoms with Gasteiger partial charge < -0.3 is 0 Å². The molecule has 0 bridgehead atoms. The van der Waals surface area contributed by atoms with E-state index in [0.717, 1.165) is 13.1 Å². The van der Waals surface area contributed by atoms with Crippen LogP contribution in [0.2, 0.25) is 0 Å². The molecular formula is C14H26N4O2S. The van der Waals surface area contributed by atoms with Crippen molar-refractivity contribution in [3.63, 3.8) is 0 Å². The molecule has 2 heterocycles. The Bertz CT molecular complexity index is 580. The second-order valence-corrected chi connectivity index (χ2v) is 8.22. The Kier molecular flexibility index (Phi) is 4.75. The summed E-state index contributed by atoms with van der Waals surface area (Å²) in [6.45, 7) is 12.0. The molecule has 21 heavy (non-hydrogen) atoms. The van der Waals surface area contributed by atoms with Crippen molar-refractivity contribution < 1.29 is 8.42 Å². The van der Waals surface area contributed by atoms with Crippen molar-refractivity contribution in [2.45, 2.75) is 57.6 Å². The molecule has 0 radical (unpaired) electrons. The lowest BCUT2D eigenvalue weighted by atomic mass is 10.1. The molecule has 2 unspecified atom stereocenters. The summed E-state index contributed by atoms with van der Waals surface area (Å²) >= 11 is 0. The van der Waals surface area contributed by atoms with Crippen LogP contribution in [-0.2, 0) is 10.0 Å². The molecule has 1 fully saturated rings. The number of likely N-dealkylation sites (tertiary alicyclic amines) is 1. The highest BCUT2D eigenvalue weighted by Crippen LogP contribution is 2.21. The van der Waals surface area contributed by atoms with Gasteiger partial charge in [-0.3, -0.25) is 9.58 Å². The fraction of sp³-hybridized carbons (Fsp3) is 0.786. The molecule has 0 aromatic carbocycles. The minimum absolute atomic E-state index is 0.0419. The minimum Gasteiger partial charge on any atom is -0.299 e. The first-order valence-corrected chi connectivity index (χ1v) is 8.99. The third-order valence-corrected chi connectivity index (χ3v) is 5.54. The van der Waals surface area contributed by atoms with E-state index in [1.165, 1.54) is 6.20 Å². The van der Waals surface area contributed by atoms with E-state index in [2.05, 4.69) is 35.5 Å². The van der Waals surface area contributed by atoms with Gasteiger partial charge in [-0.2, -0.15) is 5.10 Å². The summed E-state index contributed by atoms with van der Waals surface area (Å²) < 4.78 is 29.4. The average molecular weight is 314 g/mol. The Morgan fingerprint density at radius 2 is 1.90 bits per heavy atom. The first-order chi connectivity index (χ1) is 9.70. The van der Waals surface area contributed by atoms with Crippen molar-refractivity contribution in [1.82, 2.24) is 19.4 Å². The van der Waals surface area contributed by atoms with Crippen molar-refractivity contribution in [1.29, 1.82) is 0 Å². The molecule has 1 aromatic heterocycles. The van der Waals surface area contributed by atoms with Gasteiger partial charge in [0, 0.05) is 37.4 Å². The minimum atomic E-state index is -3.50. The Hall–Kier alpha value is -0.920. The van der Waals surface area contributed by atoms with E-state index in [0.29, 0.717) is 12.0 Å². The van der Waals surface area contributed by atoms with E-state index in [-0.39, 0.29) is 17.0 Å². The van der Waals surface area contributed by atoms with Crippen molar-refractivity contribution in [3.8, 4) is 0 Å². The van der Waals surface area contributed by atoms with Crippen LogP contribution in [0.25, 0.3) is 0 Å². The lowest BCUT2D eigenvalue weighted by Gasteiger charge is -2.20. The summed E-state index contributed by atoms with van der Waals surface area (Å²) in [6.07, 6.45) is 3.01. The normalized spacial score (nSPS) is 24.3. The smallest absolute Gasteiger partial charge is 0.243 e. The van der Waals surface area contributed by atoms with E-state index >= 15 is 0 Å². The third kappa shape index (κ3) is 3.64. The van der Waals surface area contributed by atoms with Gasteiger partial charge in [0.25, 0.3) is 0 Å². The molecule has 1 N–H and O–H groups in total. The standard InChI is InChI=1S/C14H26N4O2S/c1-10(2)17-7-12(5)14(9-17)16-21(19,20)13-6-15-18(8-13)11(3)4/h6,8,10-12,14,16H,7,9H2,1-5H3. The molecule has 1 aliphatic rings. The van der Waals surface area contributed by atoms with Crippen LogP contribution in [0.4, 0.5) is 0 Å². The predicted molar refractivity (Wildman–Crippen MR) is 82.6 cm³/mol. The molecule has 1 aromatic rings. The van der Waals surface area contributed by atoms with Crippen LogP contribution < -0.4 is 4.72 Å². The molecule has 7 heteroatoms. The van der Waals surface area contributed by atoms with Gasteiger partial charge in [0.1, 0.15) is 4.90 Å². The summed E-state index contributed by atoms with van der Waals surface area (Å²) in [6, 6.07) is 0.543. The summed E-state index contributed by atoms with van der Waals surface area (Å²) in [5.41, 5.74) is 0. The Morgan fingerprint density at radius 3 is 2.38 bits per heavy atom. The molecular weight excluding hydrogens is 288 g/mol. The fourth-order valence-corrected chi connectivity index (χ4v) is 3.86. The van der Waals surface area contributed by atoms with Gasteiger partial charge in [-0.15, -0.1) is 0 Å². The number of nitrogens with zero attached hydrogens (tertiary/aromatic N) is 3. The Morgan fingerprint density at radius 1 is 1.24 bits per heavy atom. The third-order valence-electron chi connectivity index (χ3n) is 4.09. The molecule has 0 amide bonds. The maximum atomic E-state index is 12.5. The zero-order chi connectivity index (χ0) is 15.8. The molecule has 1 aliphatic heterocycles. The summed E-state index contributed by atoms with van der Waals surface area (Å²) in [7, 11) is -3.50. The van der Waals surface area contributed by atoms with Crippen LogP contribution >= 0.6 is 0 Å². The lowest BCUT2D eigenvalue weighted by molar-refractivity contribution is 0.265. The van der Waals surface area contributed by atoms with Crippen LogP contribution in [0.15, 0.2) is 17.3 Å². The van der Waals surface area contributed by atoms with Gasteiger partial charge in [0.05, 0.1) is 6.20 Å². The van der Waals surface area contributed by atoms with E-state index < -0.39 is 10.0 Å². The van der Waals surface area contributed by atoms with Gasteiger partial charge in [-0.05, 0) is 33.6 Å². The molecule has 6 nitrogen and oxygen atoms in total. The quantitative estimate of drug-likeness (QED) is 0.894. The highest BCUT2D eigenvalue weighted by Gasteiger charge is 2.34. The van der Waals surface area contributed by atoms with Crippen molar-refractivity contribution >= 4 is 10.0 Å². The number of rotatable bonds is 5.